The molecule has 2 fully saturated rings. The lowest BCUT2D eigenvalue weighted by atomic mass is 9.84. The van der Waals surface area contributed by atoms with Gasteiger partial charge in [-0.25, -0.2) is 9.59 Å². The third-order valence-corrected chi connectivity index (χ3v) is 6.28. The van der Waals surface area contributed by atoms with E-state index >= 15 is 0 Å². The van der Waals surface area contributed by atoms with E-state index in [0.717, 1.165) is 32.2 Å². The third-order valence-electron chi connectivity index (χ3n) is 6.28. The molecule has 166 valence electrons. The van der Waals surface area contributed by atoms with Crippen molar-refractivity contribution in [3.8, 4) is 0 Å². The highest BCUT2D eigenvalue weighted by Crippen LogP contribution is 2.28. The van der Waals surface area contributed by atoms with Crippen molar-refractivity contribution in [3.05, 3.63) is 0 Å². The van der Waals surface area contributed by atoms with E-state index in [9.17, 15) is 19.5 Å². The van der Waals surface area contributed by atoms with Crippen molar-refractivity contribution in [2.45, 2.75) is 95.7 Å². The highest BCUT2D eigenvalue weighted by molar-refractivity contribution is 5.89. The Morgan fingerprint density at radius 1 is 1.03 bits per heavy atom. The van der Waals surface area contributed by atoms with Crippen molar-refractivity contribution in [3.63, 3.8) is 0 Å². The van der Waals surface area contributed by atoms with Gasteiger partial charge in [0.05, 0.1) is 0 Å². The first-order chi connectivity index (χ1) is 13.9. The molecule has 0 aromatic rings. The topological polar surface area (TPSA) is 125 Å². The van der Waals surface area contributed by atoms with Crippen molar-refractivity contribution in [1.29, 1.82) is 0 Å². The molecule has 3 atom stereocenters. The number of carboxylic acids is 1. The van der Waals surface area contributed by atoms with Crippen LogP contribution in [0.25, 0.3) is 0 Å². The van der Waals surface area contributed by atoms with Crippen LogP contribution in [0.1, 0.15) is 77.6 Å². The molecule has 8 heteroatoms. The van der Waals surface area contributed by atoms with Gasteiger partial charge in [0, 0.05) is 12.6 Å². The Labute approximate surface area is 174 Å². The predicted molar refractivity (Wildman–Crippen MR) is 111 cm³/mol. The summed E-state index contributed by atoms with van der Waals surface area (Å²) < 4.78 is 0. The van der Waals surface area contributed by atoms with E-state index in [2.05, 4.69) is 10.6 Å². The first-order valence-electron chi connectivity index (χ1n) is 11.2. The zero-order valence-corrected chi connectivity index (χ0v) is 17.7. The molecule has 1 heterocycles. The molecule has 8 nitrogen and oxygen atoms in total. The largest absolute Gasteiger partial charge is 0.480 e. The van der Waals surface area contributed by atoms with E-state index < -0.39 is 24.1 Å². The third kappa shape index (κ3) is 7.49. The van der Waals surface area contributed by atoms with E-state index in [0.29, 0.717) is 38.1 Å². The highest BCUT2D eigenvalue weighted by Gasteiger charge is 2.34. The summed E-state index contributed by atoms with van der Waals surface area (Å²) in [6.07, 6.45) is 9.99. The van der Waals surface area contributed by atoms with Gasteiger partial charge in [0.15, 0.2) is 0 Å². The van der Waals surface area contributed by atoms with Crippen LogP contribution in [0, 0.1) is 5.92 Å². The molecule has 1 saturated carbocycles. The maximum atomic E-state index is 13.1. The normalized spacial score (nSPS) is 22.1. The van der Waals surface area contributed by atoms with Crippen LogP contribution < -0.4 is 16.4 Å². The Bertz CT molecular complexity index is 551. The molecule has 1 aliphatic carbocycles. The lowest BCUT2D eigenvalue weighted by Crippen LogP contribution is -2.55. The Balaban J connectivity index is 1.99. The predicted octanol–water partition coefficient (Wildman–Crippen LogP) is 2.22. The number of likely N-dealkylation sites (tertiary alicyclic amines) is 1. The van der Waals surface area contributed by atoms with Gasteiger partial charge in [0.1, 0.15) is 12.1 Å². The quantitative estimate of drug-likeness (QED) is 0.411. The zero-order valence-electron chi connectivity index (χ0n) is 17.7. The molecule has 1 aliphatic heterocycles. The number of nitrogens with two attached hydrogens (primary N) is 1. The number of aliphatic carboxylic acids is 1. The van der Waals surface area contributed by atoms with Crippen molar-refractivity contribution >= 4 is 17.9 Å². The molecule has 29 heavy (non-hydrogen) atoms. The fraction of sp³-hybridized carbons (Fsp3) is 0.857. The molecule has 0 aromatic heterocycles. The van der Waals surface area contributed by atoms with E-state index in [-0.39, 0.29) is 11.9 Å². The Morgan fingerprint density at radius 2 is 1.72 bits per heavy atom. The van der Waals surface area contributed by atoms with Gasteiger partial charge in [-0.2, -0.15) is 0 Å². The monoisotopic (exact) mass is 410 g/mol. The number of carbonyl (C=O) groups is 3. The fourth-order valence-corrected chi connectivity index (χ4v) is 4.55. The Morgan fingerprint density at radius 3 is 2.31 bits per heavy atom. The fourth-order valence-electron chi connectivity index (χ4n) is 4.55. The summed E-state index contributed by atoms with van der Waals surface area (Å²) in [5.41, 5.74) is 5.46. The second-order valence-corrected chi connectivity index (χ2v) is 8.61. The highest BCUT2D eigenvalue weighted by atomic mass is 16.4. The number of carboxylic acid groups (broad SMARTS) is 1. The van der Waals surface area contributed by atoms with Gasteiger partial charge in [-0.1, -0.05) is 32.1 Å². The smallest absolute Gasteiger partial charge is 0.326 e. The van der Waals surface area contributed by atoms with Crippen LogP contribution in [0.3, 0.4) is 0 Å². The lowest BCUT2D eigenvalue weighted by molar-refractivity contribution is -0.139. The summed E-state index contributed by atoms with van der Waals surface area (Å²) in [5.74, 6) is -0.679. The average molecular weight is 411 g/mol. The number of amides is 3. The second kappa shape index (κ2) is 12.0. The molecule has 3 amide bonds. The van der Waals surface area contributed by atoms with Gasteiger partial charge >= 0.3 is 12.0 Å². The summed E-state index contributed by atoms with van der Waals surface area (Å²) in [7, 11) is 0. The molecule has 2 aliphatic rings. The minimum atomic E-state index is -1.07. The van der Waals surface area contributed by atoms with Gasteiger partial charge in [0.2, 0.25) is 5.91 Å². The van der Waals surface area contributed by atoms with Crippen molar-refractivity contribution in [2.75, 3.05) is 13.1 Å². The van der Waals surface area contributed by atoms with Crippen molar-refractivity contribution in [2.24, 2.45) is 11.7 Å². The Hall–Kier alpha value is -1.83. The molecule has 5 N–H and O–H groups in total. The number of carbonyl (C=O) groups excluding carboxylic acids is 2. The average Bonchev–Trinajstić information content (AvgIpc) is 3.13. The van der Waals surface area contributed by atoms with Crippen molar-refractivity contribution < 1.29 is 19.5 Å². The maximum Gasteiger partial charge on any atom is 0.326 e. The first-order valence-corrected chi connectivity index (χ1v) is 11.2. The summed E-state index contributed by atoms with van der Waals surface area (Å²) >= 11 is 0. The van der Waals surface area contributed by atoms with Gasteiger partial charge in [0.25, 0.3) is 0 Å². The summed E-state index contributed by atoms with van der Waals surface area (Å²) in [4.78, 5) is 39.0. The van der Waals surface area contributed by atoms with Gasteiger partial charge < -0.3 is 26.4 Å². The van der Waals surface area contributed by atoms with E-state index in [1.807, 2.05) is 11.8 Å². The molecular formula is C21H38N4O4. The van der Waals surface area contributed by atoms with Crippen LogP contribution >= 0.6 is 0 Å². The number of rotatable bonds is 10. The van der Waals surface area contributed by atoms with Crippen LogP contribution in [0.5, 0.6) is 0 Å². The number of nitrogens with zero attached hydrogens (tertiary/aromatic N) is 1. The van der Waals surface area contributed by atoms with Crippen LogP contribution in [-0.4, -0.2) is 59.1 Å². The van der Waals surface area contributed by atoms with E-state index in [1.165, 1.54) is 19.3 Å². The SMILES string of the molecule is CC1CCCN1C(=O)[C@@H](CC1CCCCC1)NC(=O)N[C@@H](CCCCN)C(=O)O. The number of unbranched alkanes of at least 4 members (excludes halogenated alkanes) is 1. The van der Waals surface area contributed by atoms with Crippen LogP contribution in [-0.2, 0) is 9.59 Å². The molecule has 0 spiro atoms. The Kier molecular flexibility index (Phi) is 9.70. The second-order valence-electron chi connectivity index (χ2n) is 8.61. The summed E-state index contributed by atoms with van der Waals surface area (Å²) in [5, 5.41) is 14.7. The van der Waals surface area contributed by atoms with Crippen molar-refractivity contribution in [1.82, 2.24) is 15.5 Å². The summed E-state index contributed by atoms with van der Waals surface area (Å²) in [6, 6.07) is -1.97. The first kappa shape index (κ1) is 23.4. The molecular weight excluding hydrogens is 372 g/mol. The zero-order chi connectivity index (χ0) is 21.2. The van der Waals surface area contributed by atoms with Gasteiger partial charge in [-0.3, -0.25) is 4.79 Å². The molecule has 2 rings (SSSR count). The molecule has 1 saturated heterocycles. The van der Waals surface area contributed by atoms with Gasteiger partial charge in [-0.05, 0) is 57.9 Å². The number of nitrogens with one attached hydrogen (secondary N) is 2. The van der Waals surface area contributed by atoms with Gasteiger partial charge in [-0.15, -0.1) is 0 Å². The number of hydrogen-bond acceptors (Lipinski definition) is 4. The van der Waals surface area contributed by atoms with Crippen LogP contribution in [0.2, 0.25) is 0 Å². The molecule has 0 radical (unpaired) electrons. The standard InChI is InChI=1S/C21H38N4O4/c1-15-8-7-13-25(15)19(26)18(14-16-9-3-2-4-10-16)24-21(29)23-17(20(27)28)11-5-6-12-22/h15-18H,2-14,22H2,1H3,(H,27,28)(H2,23,24,29)/t15?,17-,18+/m0/s1. The molecule has 0 aromatic carbocycles. The number of hydrogen-bond donors (Lipinski definition) is 4. The van der Waals surface area contributed by atoms with E-state index in [1.54, 1.807) is 0 Å². The molecule has 1 unspecified atom stereocenters. The maximum absolute atomic E-state index is 13.1. The molecule has 0 bridgehead atoms. The van der Waals surface area contributed by atoms with Crippen LogP contribution in [0.15, 0.2) is 0 Å². The lowest BCUT2D eigenvalue weighted by Gasteiger charge is -2.31. The minimum Gasteiger partial charge on any atom is -0.480 e. The number of urea groups is 1. The van der Waals surface area contributed by atoms with Crippen LogP contribution in [0.4, 0.5) is 4.79 Å². The minimum absolute atomic E-state index is 0.0364. The van der Waals surface area contributed by atoms with E-state index in [4.69, 9.17) is 5.73 Å². The summed E-state index contributed by atoms with van der Waals surface area (Å²) in [6.45, 7) is 3.26.